The lowest BCUT2D eigenvalue weighted by Gasteiger charge is -2.32. The molecule has 1 spiro atoms. The minimum Gasteiger partial charge on any atom is -0.497 e. The summed E-state index contributed by atoms with van der Waals surface area (Å²) in [4.78, 5) is 57.5. The van der Waals surface area contributed by atoms with Crippen molar-refractivity contribution in [3.63, 3.8) is 0 Å². The Morgan fingerprint density at radius 3 is 2.48 bits per heavy atom. The molecule has 4 atom stereocenters. The predicted octanol–water partition coefficient (Wildman–Crippen LogP) is 4.41. The Morgan fingerprint density at radius 1 is 1.06 bits per heavy atom. The third-order valence-corrected chi connectivity index (χ3v) is 12.3. The average Bonchev–Trinajstić information content (AvgIpc) is 3.70. The van der Waals surface area contributed by atoms with Crippen LogP contribution in [0.4, 0.5) is 16.2 Å². The van der Waals surface area contributed by atoms with Crippen molar-refractivity contribution < 1.29 is 38.5 Å². The van der Waals surface area contributed by atoms with Crippen molar-refractivity contribution in [1.29, 1.82) is 0 Å². The zero-order chi connectivity index (χ0) is 34.2. The molecule has 0 radical (unpaired) electrons. The van der Waals surface area contributed by atoms with Crippen molar-refractivity contribution in [2.75, 3.05) is 43.2 Å². The summed E-state index contributed by atoms with van der Waals surface area (Å²) in [6.07, 6.45) is -1.21. The molecule has 0 bridgehead atoms. The standard InChI is InChI=1S/C36H43N3O8Si/c1-24-33(48(3,4)44)31(21-32(41)37(15-17-40)22-25-9-6-5-7-10-25)47-36(24)29-20-28(45-2)13-14-30(29)39(34(36)42)23-26-11-8-12-27(19-26)38-16-18-46-35(38)43/h5-14,19-20,24,31,33,40,44H,15-18,21-23H2,1-4H3/t24-,31+,33-,36+/m0/s1. The van der Waals surface area contributed by atoms with Gasteiger partial charge in [-0.1, -0.05) is 49.4 Å². The summed E-state index contributed by atoms with van der Waals surface area (Å²) in [7, 11) is -1.47. The monoisotopic (exact) mass is 673 g/mol. The van der Waals surface area contributed by atoms with Gasteiger partial charge in [0.05, 0.1) is 45.0 Å². The molecule has 11 nitrogen and oxygen atoms in total. The van der Waals surface area contributed by atoms with Crippen molar-refractivity contribution in [2.24, 2.45) is 5.92 Å². The molecule has 3 heterocycles. The molecule has 48 heavy (non-hydrogen) atoms. The molecule has 3 aromatic rings. The molecule has 0 aliphatic carbocycles. The minimum absolute atomic E-state index is 0.0544. The first-order valence-corrected chi connectivity index (χ1v) is 19.4. The van der Waals surface area contributed by atoms with Crippen LogP contribution in [0, 0.1) is 5.92 Å². The number of anilines is 2. The lowest BCUT2D eigenvalue weighted by molar-refractivity contribution is -0.150. The second-order valence-electron chi connectivity index (χ2n) is 13.3. The highest BCUT2D eigenvalue weighted by Crippen LogP contribution is 2.60. The van der Waals surface area contributed by atoms with Crippen LogP contribution < -0.4 is 14.5 Å². The predicted molar refractivity (Wildman–Crippen MR) is 182 cm³/mol. The Balaban J connectivity index is 1.35. The SMILES string of the molecule is COc1ccc2c(c1)[C@@]1(O[C@H](CC(=O)N(CCO)Cc3ccccc3)[C@@H]([Si](C)(C)O)[C@@H]1C)C(=O)N2Cc1cccc(N2CCOC2=O)c1. The van der Waals surface area contributed by atoms with Crippen molar-refractivity contribution in [3.05, 3.63) is 89.5 Å². The van der Waals surface area contributed by atoms with Crippen molar-refractivity contribution in [2.45, 2.75) is 56.8 Å². The van der Waals surface area contributed by atoms with Crippen LogP contribution in [-0.2, 0) is 37.8 Å². The van der Waals surface area contributed by atoms with E-state index in [1.165, 1.54) is 0 Å². The normalized spacial score (nSPS) is 23.5. The molecule has 2 N–H and O–H groups in total. The highest BCUT2D eigenvalue weighted by Gasteiger charge is 2.66. The van der Waals surface area contributed by atoms with E-state index >= 15 is 0 Å². The quantitative estimate of drug-likeness (QED) is 0.287. The van der Waals surface area contributed by atoms with Gasteiger partial charge in [-0.05, 0) is 54.6 Å². The van der Waals surface area contributed by atoms with Gasteiger partial charge in [-0.3, -0.25) is 14.5 Å². The Labute approximate surface area is 281 Å². The molecule has 0 aromatic heterocycles. The van der Waals surface area contributed by atoms with Gasteiger partial charge in [-0.25, -0.2) is 4.79 Å². The van der Waals surface area contributed by atoms with Gasteiger partial charge >= 0.3 is 6.09 Å². The van der Waals surface area contributed by atoms with E-state index in [4.69, 9.17) is 14.2 Å². The second kappa shape index (κ2) is 13.3. The number of hydrogen-bond donors (Lipinski definition) is 2. The number of rotatable bonds is 11. The summed E-state index contributed by atoms with van der Waals surface area (Å²) in [5, 5.41) is 9.80. The number of benzene rings is 3. The van der Waals surface area contributed by atoms with E-state index < -0.39 is 37.6 Å². The zero-order valence-electron chi connectivity index (χ0n) is 27.8. The van der Waals surface area contributed by atoms with Gasteiger partial charge in [0.2, 0.25) is 5.91 Å². The van der Waals surface area contributed by atoms with Gasteiger partial charge in [0.1, 0.15) is 12.4 Å². The number of nitrogens with zero attached hydrogens (tertiary/aromatic N) is 3. The van der Waals surface area contributed by atoms with Crippen LogP contribution in [-0.4, -0.2) is 80.5 Å². The number of ether oxygens (including phenoxy) is 3. The van der Waals surface area contributed by atoms with Crippen molar-refractivity contribution in [1.82, 2.24) is 4.90 Å². The first kappa shape index (κ1) is 33.7. The lowest BCUT2D eigenvalue weighted by Crippen LogP contribution is -2.46. The third-order valence-electron chi connectivity index (χ3n) is 9.83. The molecular weight excluding hydrogens is 630 g/mol. The number of aliphatic hydroxyl groups excluding tert-OH is 1. The van der Waals surface area contributed by atoms with E-state index in [2.05, 4.69) is 0 Å². The van der Waals surface area contributed by atoms with Gasteiger partial charge in [0, 0.05) is 35.8 Å². The molecule has 254 valence electrons. The smallest absolute Gasteiger partial charge is 0.414 e. The minimum atomic E-state index is -3.03. The number of cyclic esters (lactones) is 1. The number of amides is 3. The first-order valence-electron chi connectivity index (χ1n) is 16.3. The zero-order valence-corrected chi connectivity index (χ0v) is 28.8. The molecule has 3 amide bonds. The third kappa shape index (κ3) is 6.09. The summed E-state index contributed by atoms with van der Waals surface area (Å²) in [6, 6.07) is 22.5. The van der Waals surface area contributed by atoms with Gasteiger partial charge < -0.3 is 33.9 Å². The molecule has 2 fully saturated rings. The number of fused-ring (bicyclic) bond motifs is 2. The largest absolute Gasteiger partial charge is 0.497 e. The maximum atomic E-state index is 14.9. The van der Waals surface area contributed by atoms with Crippen molar-refractivity contribution in [3.8, 4) is 5.75 Å². The van der Waals surface area contributed by atoms with E-state index in [1.54, 1.807) is 27.9 Å². The summed E-state index contributed by atoms with van der Waals surface area (Å²) in [6.45, 7) is 6.82. The van der Waals surface area contributed by atoms with Crippen molar-refractivity contribution >= 4 is 37.6 Å². The number of carbonyl (C=O) groups is 3. The fraction of sp³-hybridized carbons (Fsp3) is 0.417. The van der Waals surface area contributed by atoms with E-state index in [0.29, 0.717) is 42.4 Å². The molecular formula is C36H43N3O8Si. The Hall–Kier alpha value is -4.23. The van der Waals surface area contributed by atoms with Crippen LogP contribution in [0.5, 0.6) is 5.75 Å². The maximum Gasteiger partial charge on any atom is 0.414 e. The van der Waals surface area contributed by atoms with Gasteiger partial charge in [-0.2, -0.15) is 0 Å². The Morgan fingerprint density at radius 2 is 1.81 bits per heavy atom. The summed E-state index contributed by atoms with van der Waals surface area (Å²) in [5.41, 5.74) is 1.79. The first-order chi connectivity index (χ1) is 23.0. The highest BCUT2D eigenvalue weighted by molar-refractivity contribution is 6.71. The molecule has 0 unspecified atom stereocenters. The van der Waals surface area contributed by atoms with E-state index in [-0.39, 0.29) is 37.9 Å². The summed E-state index contributed by atoms with van der Waals surface area (Å²) >= 11 is 0. The van der Waals surface area contributed by atoms with Crippen LogP contribution in [0.2, 0.25) is 18.6 Å². The van der Waals surface area contributed by atoms with Crippen LogP contribution in [0.3, 0.4) is 0 Å². The molecule has 6 rings (SSSR count). The van der Waals surface area contributed by atoms with Gasteiger partial charge in [0.25, 0.3) is 5.91 Å². The van der Waals surface area contributed by atoms with Crippen LogP contribution >= 0.6 is 0 Å². The van der Waals surface area contributed by atoms with Crippen LogP contribution in [0.25, 0.3) is 0 Å². The maximum absolute atomic E-state index is 14.9. The Bertz CT molecular complexity index is 1680. The van der Waals surface area contributed by atoms with Crippen LogP contribution in [0.1, 0.15) is 30.0 Å². The second-order valence-corrected chi connectivity index (χ2v) is 17.3. The summed E-state index contributed by atoms with van der Waals surface area (Å²) in [5.74, 6) is -0.423. The number of carbonyl (C=O) groups excluding carboxylic acids is 3. The van der Waals surface area contributed by atoms with E-state index in [9.17, 15) is 24.3 Å². The number of hydrogen-bond acceptors (Lipinski definition) is 8. The number of aliphatic hydroxyl groups is 1. The molecule has 12 heteroatoms. The van der Waals surface area contributed by atoms with E-state index in [1.807, 2.05) is 86.7 Å². The van der Waals surface area contributed by atoms with E-state index in [0.717, 1.165) is 11.1 Å². The molecule has 3 aliphatic rings. The Kier molecular flexibility index (Phi) is 9.36. The number of methoxy groups -OCH3 is 1. The molecule has 3 aromatic carbocycles. The van der Waals surface area contributed by atoms with Gasteiger partial charge in [0.15, 0.2) is 13.9 Å². The molecule has 0 saturated carbocycles. The highest BCUT2D eigenvalue weighted by atomic mass is 28.4. The molecule has 3 aliphatic heterocycles. The van der Waals surface area contributed by atoms with Crippen LogP contribution in [0.15, 0.2) is 72.8 Å². The fourth-order valence-corrected chi connectivity index (χ4v) is 10.2. The fourth-order valence-electron chi connectivity index (χ4n) is 7.69. The average molecular weight is 674 g/mol. The van der Waals surface area contributed by atoms with Gasteiger partial charge in [-0.15, -0.1) is 0 Å². The molecule has 2 saturated heterocycles. The lowest BCUT2D eigenvalue weighted by atomic mass is 9.82. The topological polar surface area (TPSA) is 129 Å². The summed E-state index contributed by atoms with van der Waals surface area (Å²) < 4.78 is 17.6.